The van der Waals surface area contributed by atoms with E-state index in [1.54, 1.807) is 24.1 Å². The summed E-state index contributed by atoms with van der Waals surface area (Å²) < 4.78 is 79.9. The van der Waals surface area contributed by atoms with Crippen LogP contribution < -0.4 is 15.2 Å². The number of pyridine rings is 1. The maximum atomic E-state index is 14.4. The molecule has 0 N–H and O–H groups in total. The molecule has 14 heteroatoms. The molecule has 3 aromatic heterocycles. The maximum Gasteiger partial charge on any atom is 0.419 e. The predicted octanol–water partition coefficient (Wildman–Crippen LogP) is 4.78. The molecule has 0 amide bonds. The van der Waals surface area contributed by atoms with Crippen molar-refractivity contribution in [3.63, 3.8) is 0 Å². The van der Waals surface area contributed by atoms with E-state index in [2.05, 4.69) is 15.1 Å². The molecule has 4 rings (SSSR count). The van der Waals surface area contributed by atoms with E-state index in [0.29, 0.717) is 17.7 Å². The second-order valence-corrected chi connectivity index (χ2v) is 8.20. The summed E-state index contributed by atoms with van der Waals surface area (Å²) in [5.74, 6) is -3.56. The van der Waals surface area contributed by atoms with Gasteiger partial charge in [-0.1, -0.05) is 11.6 Å². The van der Waals surface area contributed by atoms with Gasteiger partial charge in [-0.05, 0) is 29.8 Å². The smallest absolute Gasteiger partial charge is 0.419 e. The number of halogens is 6. The molecule has 0 bridgehead atoms. The highest BCUT2D eigenvalue weighted by Crippen LogP contribution is 2.35. The Morgan fingerprint density at radius 2 is 1.81 bits per heavy atom. The first-order chi connectivity index (χ1) is 17.5. The molecule has 0 aliphatic carbocycles. The van der Waals surface area contributed by atoms with Gasteiger partial charge in [0.25, 0.3) is 5.88 Å². The fraction of sp³-hybridized carbons (Fsp3) is 0.217. The van der Waals surface area contributed by atoms with Crippen LogP contribution in [0.25, 0.3) is 0 Å². The molecule has 0 atom stereocenters. The van der Waals surface area contributed by atoms with Gasteiger partial charge in [0, 0.05) is 37.6 Å². The van der Waals surface area contributed by atoms with Crippen LogP contribution in [0.2, 0.25) is 5.02 Å². The van der Waals surface area contributed by atoms with Gasteiger partial charge >= 0.3 is 11.9 Å². The number of aromatic nitrogens is 5. The Morgan fingerprint density at radius 3 is 2.49 bits per heavy atom. The molecular formula is C23H17ClF5N5O3. The summed E-state index contributed by atoms with van der Waals surface area (Å²) in [4.78, 5) is 19.9. The molecule has 0 saturated carbocycles. The first kappa shape index (κ1) is 26.1. The van der Waals surface area contributed by atoms with Crippen LogP contribution in [0.5, 0.6) is 17.5 Å². The van der Waals surface area contributed by atoms with Crippen LogP contribution in [0, 0.1) is 11.6 Å². The Labute approximate surface area is 210 Å². The fourth-order valence-corrected chi connectivity index (χ4v) is 3.47. The highest BCUT2D eigenvalue weighted by Gasteiger charge is 2.34. The number of hydrogen-bond donors (Lipinski definition) is 0. The van der Waals surface area contributed by atoms with Crippen molar-refractivity contribution in [2.75, 3.05) is 6.61 Å². The molecule has 0 aliphatic heterocycles. The summed E-state index contributed by atoms with van der Waals surface area (Å²) in [7, 11) is 1.75. The summed E-state index contributed by atoms with van der Waals surface area (Å²) in [6, 6.07) is 2.97. The number of rotatable bonds is 8. The van der Waals surface area contributed by atoms with E-state index in [4.69, 9.17) is 21.1 Å². The van der Waals surface area contributed by atoms with Crippen molar-refractivity contribution in [3.05, 3.63) is 92.9 Å². The number of alkyl halides is 3. The van der Waals surface area contributed by atoms with Gasteiger partial charge in [-0.3, -0.25) is 9.25 Å². The van der Waals surface area contributed by atoms with Crippen LogP contribution in [0.1, 0.15) is 16.7 Å². The van der Waals surface area contributed by atoms with Crippen LogP contribution in [0.15, 0.2) is 53.8 Å². The summed E-state index contributed by atoms with van der Waals surface area (Å²) in [5, 5.41) is 4.12. The Hall–Kier alpha value is -4.00. The second kappa shape index (κ2) is 10.5. The Bertz CT molecular complexity index is 1490. The topological polar surface area (TPSA) is 84.1 Å². The van der Waals surface area contributed by atoms with Gasteiger partial charge in [0.15, 0.2) is 5.82 Å². The third-order valence-corrected chi connectivity index (χ3v) is 5.24. The van der Waals surface area contributed by atoms with Crippen molar-refractivity contribution in [2.24, 2.45) is 7.05 Å². The minimum atomic E-state index is -4.94. The third kappa shape index (κ3) is 6.42. The summed E-state index contributed by atoms with van der Waals surface area (Å²) in [5.41, 5.74) is -0.998. The lowest BCUT2D eigenvalue weighted by atomic mass is 10.2. The van der Waals surface area contributed by atoms with Crippen LogP contribution in [-0.2, 0) is 26.2 Å². The number of aryl methyl sites for hydroxylation is 1. The number of nitrogens with zero attached hydrogens (tertiary/aromatic N) is 5. The first-order valence-electron chi connectivity index (χ1n) is 10.6. The summed E-state index contributed by atoms with van der Waals surface area (Å²) in [6.45, 7) is 0.182. The largest absolute Gasteiger partial charge is 0.476 e. The molecule has 0 radical (unpaired) electrons. The zero-order chi connectivity index (χ0) is 26.7. The lowest BCUT2D eigenvalue weighted by Crippen LogP contribution is -2.24. The molecule has 1 aromatic carbocycles. The van der Waals surface area contributed by atoms with Crippen LogP contribution >= 0.6 is 11.6 Å². The number of ether oxygens (including phenoxy) is 2. The minimum absolute atomic E-state index is 0.0347. The average Bonchev–Trinajstić information content (AvgIpc) is 3.23. The van der Waals surface area contributed by atoms with E-state index in [9.17, 15) is 26.7 Å². The molecule has 37 heavy (non-hydrogen) atoms. The predicted molar refractivity (Wildman–Crippen MR) is 121 cm³/mol. The quantitative estimate of drug-likeness (QED) is 0.298. The molecule has 0 spiro atoms. The number of benzene rings is 1. The van der Waals surface area contributed by atoms with Crippen LogP contribution in [0.3, 0.4) is 0 Å². The zero-order valence-corrected chi connectivity index (χ0v) is 19.7. The molecule has 0 fully saturated rings. The van der Waals surface area contributed by atoms with Gasteiger partial charge in [-0.2, -0.15) is 23.3 Å². The van der Waals surface area contributed by atoms with E-state index in [-0.39, 0.29) is 30.5 Å². The summed E-state index contributed by atoms with van der Waals surface area (Å²) >= 11 is 6.18. The van der Waals surface area contributed by atoms with Crippen molar-refractivity contribution >= 4 is 11.6 Å². The van der Waals surface area contributed by atoms with Crippen LogP contribution in [-0.4, -0.2) is 30.9 Å². The van der Waals surface area contributed by atoms with E-state index in [1.165, 1.54) is 17.0 Å². The van der Waals surface area contributed by atoms with Crippen LogP contribution in [0.4, 0.5) is 22.0 Å². The van der Waals surface area contributed by atoms with Gasteiger partial charge in [0.2, 0.25) is 5.88 Å². The van der Waals surface area contributed by atoms with E-state index < -0.39 is 40.7 Å². The van der Waals surface area contributed by atoms with Gasteiger partial charge in [-0.25, -0.2) is 18.6 Å². The molecule has 3 heterocycles. The first-order valence-corrected chi connectivity index (χ1v) is 10.9. The van der Waals surface area contributed by atoms with E-state index in [0.717, 1.165) is 17.7 Å². The zero-order valence-electron chi connectivity index (χ0n) is 19.0. The Kier molecular flexibility index (Phi) is 7.43. The normalized spacial score (nSPS) is 11.5. The summed E-state index contributed by atoms with van der Waals surface area (Å²) in [6.07, 6.45) is 1.16. The molecule has 4 aromatic rings. The standard InChI is InChI=1S/C23H17ClF5N5O3/c1-33-10-14(9-31-33)11-34-12-17(24)20(32-22(34)35)36-5-4-13-6-19(26)21(30-8-13)37-15-2-3-18(25)16(7-15)23(27,28)29/h2-3,6-10,12H,4-5,11H2,1H3. The number of hydrogen-bond acceptors (Lipinski definition) is 6. The highest BCUT2D eigenvalue weighted by molar-refractivity contribution is 6.31. The van der Waals surface area contributed by atoms with Crippen molar-refractivity contribution in [1.82, 2.24) is 24.3 Å². The molecule has 8 nitrogen and oxygen atoms in total. The van der Waals surface area contributed by atoms with Gasteiger partial charge in [0.1, 0.15) is 16.6 Å². The van der Waals surface area contributed by atoms with Gasteiger partial charge in [0.05, 0.1) is 24.9 Å². The Morgan fingerprint density at radius 1 is 1.03 bits per heavy atom. The van der Waals surface area contributed by atoms with Crippen molar-refractivity contribution in [3.8, 4) is 17.5 Å². The van der Waals surface area contributed by atoms with Gasteiger partial charge < -0.3 is 9.47 Å². The van der Waals surface area contributed by atoms with E-state index in [1.807, 2.05) is 0 Å². The van der Waals surface area contributed by atoms with Crippen molar-refractivity contribution in [1.29, 1.82) is 0 Å². The Balaban J connectivity index is 1.38. The SMILES string of the molecule is Cn1cc(Cn2cc(Cl)c(OCCc3cnc(Oc4ccc(F)c(C(F)(F)F)c4)c(F)c3)nc2=O)cn1. The molecular weight excluding hydrogens is 525 g/mol. The highest BCUT2D eigenvalue weighted by atomic mass is 35.5. The third-order valence-electron chi connectivity index (χ3n) is 4.98. The lowest BCUT2D eigenvalue weighted by Gasteiger charge is -2.12. The fourth-order valence-electron chi connectivity index (χ4n) is 3.26. The molecule has 0 saturated heterocycles. The monoisotopic (exact) mass is 541 g/mol. The van der Waals surface area contributed by atoms with E-state index >= 15 is 0 Å². The second-order valence-electron chi connectivity index (χ2n) is 7.80. The lowest BCUT2D eigenvalue weighted by molar-refractivity contribution is -0.140. The van der Waals surface area contributed by atoms with Crippen molar-refractivity contribution < 1.29 is 31.4 Å². The van der Waals surface area contributed by atoms with Crippen molar-refractivity contribution in [2.45, 2.75) is 19.1 Å². The molecule has 0 unspecified atom stereocenters. The molecule has 0 aliphatic rings. The van der Waals surface area contributed by atoms with Gasteiger partial charge in [-0.15, -0.1) is 0 Å². The average molecular weight is 542 g/mol. The maximum absolute atomic E-state index is 14.4. The molecule has 194 valence electrons. The minimum Gasteiger partial charge on any atom is -0.476 e.